The Bertz CT molecular complexity index is 1760. The van der Waals surface area contributed by atoms with Crippen molar-refractivity contribution in [3.8, 4) is 0 Å². The number of hydrogen-bond acceptors (Lipinski definition) is 13. The van der Waals surface area contributed by atoms with Gasteiger partial charge >= 0.3 is 5.97 Å². The number of hydrogen-bond donors (Lipinski definition) is 3. The van der Waals surface area contributed by atoms with Crippen LogP contribution in [0.3, 0.4) is 0 Å². The molecule has 14 nitrogen and oxygen atoms in total. The molecule has 1 saturated carbocycles. The lowest BCUT2D eigenvalue weighted by Crippen LogP contribution is -2.60. The summed E-state index contributed by atoms with van der Waals surface area (Å²) >= 11 is 0. The molecule has 0 aromatic carbocycles. The Hall–Kier alpha value is -3.37. The zero-order valence-corrected chi connectivity index (χ0v) is 41.2. The molecule has 1 unspecified atom stereocenters. The second-order valence-electron chi connectivity index (χ2n) is 19.8. The van der Waals surface area contributed by atoms with Gasteiger partial charge in [-0.1, -0.05) is 76.6 Å². The van der Waals surface area contributed by atoms with Gasteiger partial charge in [-0.25, -0.2) is 4.79 Å². The predicted molar refractivity (Wildman–Crippen MR) is 250 cm³/mol. The van der Waals surface area contributed by atoms with Gasteiger partial charge in [0.05, 0.1) is 31.5 Å². The molecule has 4 rings (SSSR count). The summed E-state index contributed by atoms with van der Waals surface area (Å²) in [7, 11) is 3.02. The van der Waals surface area contributed by atoms with Crippen LogP contribution >= 0.6 is 0 Å². The molecule has 372 valence electrons. The van der Waals surface area contributed by atoms with E-state index < -0.39 is 71.7 Å². The van der Waals surface area contributed by atoms with Crippen molar-refractivity contribution >= 4 is 29.2 Å². The number of aliphatic hydroxyl groups is 3. The molecular weight excluding hydrogens is 847 g/mol. The number of aliphatic hydroxyl groups excluding tert-OH is 2. The highest BCUT2D eigenvalue weighted by Gasteiger charge is 2.53. The van der Waals surface area contributed by atoms with Crippen LogP contribution in [0.4, 0.5) is 0 Å². The van der Waals surface area contributed by atoms with Crippen molar-refractivity contribution < 1.29 is 63.0 Å². The zero-order valence-electron chi connectivity index (χ0n) is 41.2. The number of piperidine rings is 1. The van der Waals surface area contributed by atoms with Gasteiger partial charge in [0.1, 0.15) is 30.1 Å². The molecular formula is C52H81NO13. The van der Waals surface area contributed by atoms with Crippen molar-refractivity contribution in [3.05, 3.63) is 47.6 Å². The van der Waals surface area contributed by atoms with E-state index in [-0.39, 0.29) is 74.1 Å². The molecule has 3 N–H and O–H groups in total. The summed E-state index contributed by atoms with van der Waals surface area (Å²) in [6.07, 6.45) is 13.9. The van der Waals surface area contributed by atoms with Crippen molar-refractivity contribution in [2.75, 3.05) is 34.0 Å². The standard InChI is InChI=1S/C52H81NO13/c1-32-15-11-10-12-16-33(2)27-36(5)46(56)48(63-9)47(57)37(6)28-34(3)42(55)31-44(35(4)29-39-20-23-43(64-26-25-54)45(30-39)62-8)65-51(60)41-17-13-14-24-53(41)50(59)49(58)52(61)38(7)19-22-40(66-52)21-18-32/h10-12,15-16,28,33-36,38-41,43-45,47-48,54,57,61H,13-14,17-27,29-31H2,1-9H3/b11-10+,16-12+,32-15+,37-28+/t33-,34-,35-,36-,38-,39+,40-,41?,43-,44+,45-,47-,48+,52-/m1/s1. The first kappa shape index (κ1) is 55.2. The molecule has 14 heteroatoms. The third kappa shape index (κ3) is 15.1. The van der Waals surface area contributed by atoms with Crippen LogP contribution in [0, 0.1) is 35.5 Å². The fourth-order valence-corrected chi connectivity index (χ4v) is 10.2. The van der Waals surface area contributed by atoms with Crippen LogP contribution in [-0.4, -0.2) is 132 Å². The summed E-state index contributed by atoms with van der Waals surface area (Å²) in [6.45, 7) is 13.0. The van der Waals surface area contributed by atoms with Gasteiger partial charge < -0.3 is 43.9 Å². The quantitative estimate of drug-likeness (QED) is 0.135. The fraction of sp³-hybridized carbons (Fsp3) is 0.750. The summed E-state index contributed by atoms with van der Waals surface area (Å²) in [6, 6.07) is -1.12. The number of cyclic esters (lactones) is 1. The number of carbonyl (C=O) groups excluding carboxylic acids is 5. The summed E-state index contributed by atoms with van der Waals surface area (Å²) in [5, 5.41) is 32.6. The van der Waals surface area contributed by atoms with E-state index in [1.165, 1.54) is 12.0 Å². The zero-order chi connectivity index (χ0) is 48.7. The highest BCUT2D eigenvalue weighted by atomic mass is 16.6. The van der Waals surface area contributed by atoms with Crippen molar-refractivity contribution in [2.24, 2.45) is 35.5 Å². The molecule has 0 radical (unpaired) electrons. The van der Waals surface area contributed by atoms with Crippen LogP contribution in [0.25, 0.3) is 0 Å². The molecule has 0 spiro atoms. The maximum absolute atomic E-state index is 14.4. The van der Waals surface area contributed by atoms with Crippen LogP contribution in [0.15, 0.2) is 47.6 Å². The number of ether oxygens (including phenoxy) is 5. The predicted octanol–water partition coefficient (Wildman–Crippen LogP) is 6.57. The third-order valence-corrected chi connectivity index (χ3v) is 14.5. The largest absolute Gasteiger partial charge is 0.460 e. The number of carbonyl (C=O) groups is 5. The van der Waals surface area contributed by atoms with E-state index in [1.807, 2.05) is 58.1 Å². The van der Waals surface area contributed by atoms with Gasteiger partial charge in [-0.05, 0) is 114 Å². The first-order valence-corrected chi connectivity index (χ1v) is 24.5. The smallest absolute Gasteiger partial charge is 0.329 e. The summed E-state index contributed by atoms with van der Waals surface area (Å²) in [5.74, 6) is -7.65. The van der Waals surface area contributed by atoms with Crippen LogP contribution in [0.2, 0.25) is 0 Å². The van der Waals surface area contributed by atoms with Crippen molar-refractivity contribution in [2.45, 2.75) is 180 Å². The third-order valence-electron chi connectivity index (χ3n) is 14.5. The van der Waals surface area contributed by atoms with E-state index in [9.17, 15) is 39.3 Å². The molecule has 66 heavy (non-hydrogen) atoms. The van der Waals surface area contributed by atoms with E-state index in [1.54, 1.807) is 34.0 Å². The average Bonchev–Trinajstić information content (AvgIpc) is 3.30. The van der Waals surface area contributed by atoms with Crippen molar-refractivity contribution in [1.29, 1.82) is 0 Å². The Morgan fingerprint density at radius 1 is 0.894 bits per heavy atom. The monoisotopic (exact) mass is 928 g/mol. The first-order valence-electron chi connectivity index (χ1n) is 24.5. The van der Waals surface area contributed by atoms with Gasteiger partial charge in [-0.15, -0.1) is 0 Å². The molecule has 4 aliphatic rings. The minimum atomic E-state index is -2.36. The number of allylic oxidation sites excluding steroid dienone is 7. The van der Waals surface area contributed by atoms with Crippen molar-refractivity contribution in [3.63, 3.8) is 0 Å². The van der Waals surface area contributed by atoms with E-state index >= 15 is 0 Å². The highest BCUT2D eigenvalue weighted by Crippen LogP contribution is 2.38. The minimum absolute atomic E-state index is 0.0466. The van der Waals surface area contributed by atoms with Crippen LogP contribution in [-0.2, 0) is 47.7 Å². The lowest BCUT2D eigenvalue weighted by atomic mass is 9.78. The second kappa shape index (κ2) is 26.4. The molecule has 1 aliphatic carbocycles. The Labute approximate surface area is 393 Å². The minimum Gasteiger partial charge on any atom is -0.460 e. The summed E-state index contributed by atoms with van der Waals surface area (Å²) in [4.78, 5) is 71.8. The van der Waals surface area contributed by atoms with E-state index in [2.05, 4.69) is 0 Å². The maximum atomic E-state index is 14.4. The van der Waals surface area contributed by atoms with Gasteiger partial charge in [-0.2, -0.15) is 0 Å². The normalized spacial score (nSPS) is 38.8. The van der Waals surface area contributed by atoms with Gasteiger partial charge in [0.2, 0.25) is 5.79 Å². The summed E-state index contributed by atoms with van der Waals surface area (Å²) in [5.41, 5.74) is 1.46. The fourth-order valence-electron chi connectivity index (χ4n) is 10.2. The summed E-state index contributed by atoms with van der Waals surface area (Å²) < 4.78 is 29.6. The Morgan fingerprint density at radius 2 is 1.64 bits per heavy atom. The number of nitrogens with zero attached hydrogens (tertiary/aromatic N) is 1. The molecule has 2 saturated heterocycles. The lowest BCUT2D eigenvalue weighted by Gasteiger charge is -2.42. The van der Waals surface area contributed by atoms with Crippen LogP contribution in [0.5, 0.6) is 0 Å². The van der Waals surface area contributed by atoms with E-state index in [0.717, 1.165) is 12.0 Å². The molecule has 3 heterocycles. The van der Waals surface area contributed by atoms with Gasteiger partial charge in [-0.3, -0.25) is 19.2 Å². The van der Waals surface area contributed by atoms with Crippen LogP contribution < -0.4 is 0 Å². The molecule has 0 aromatic rings. The van der Waals surface area contributed by atoms with Gasteiger partial charge in [0, 0.05) is 44.9 Å². The Balaban J connectivity index is 1.67. The number of fused-ring (bicyclic) bond motifs is 3. The molecule has 14 atom stereocenters. The van der Waals surface area contributed by atoms with E-state index in [4.69, 9.17) is 23.7 Å². The number of ketones is 3. The molecule has 3 aliphatic heterocycles. The highest BCUT2D eigenvalue weighted by molar-refractivity contribution is 6.39. The lowest BCUT2D eigenvalue weighted by molar-refractivity contribution is -0.263. The van der Waals surface area contributed by atoms with Gasteiger partial charge in [0.25, 0.3) is 11.7 Å². The van der Waals surface area contributed by atoms with Gasteiger partial charge in [0.15, 0.2) is 5.78 Å². The Kier molecular flexibility index (Phi) is 22.1. The number of amides is 1. The number of methoxy groups -OCH3 is 2. The molecule has 0 aromatic heterocycles. The number of rotatable bonds is 8. The molecule has 2 bridgehead atoms. The maximum Gasteiger partial charge on any atom is 0.329 e. The topological polar surface area (TPSA) is 195 Å². The van der Waals surface area contributed by atoms with Crippen LogP contribution in [0.1, 0.15) is 132 Å². The Morgan fingerprint density at radius 3 is 2.33 bits per heavy atom. The number of Topliss-reactive ketones (excluding diaryl/α,β-unsaturated/α-hetero) is 3. The molecule has 3 fully saturated rings. The second-order valence-corrected chi connectivity index (χ2v) is 19.8. The van der Waals surface area contributed by atoms with E-state index in [0.29, 0.717) is 69.8 Å². The average molecular weight is 928 g/mol. The number of esters is 1. The van der Waals surface area contributed by atoms with Crippen molar-refractivity contribution in [1.82, 2.24) is 4.90 Å². The SMILES string of the molecule is CO[C@@H]1C[C@H](C[C@@H](C)[C@@H]2CC(=O)[C@H](C)/C=C(\C)[C@@H](O)[C@@H](OC)C(=O)[C@H](C)C[C@H](C)/C=C/C=C/C=C(\C)CC[C@@H]3CC[C@@H](C)[C@@](O)(O3)C(=O)C(=O)N3CCCCC3C(=O)O2)CC[C@H]1OCCO. The first-order chi connectivity index (χ1) is 31.3. The molecule has 1 amide bonds.